The number of nitrogens with zero attached hydrogens (tertiary/aromatic N) is 2. The maximum absolute atomic E-state index is 12.4. The number of nitrogens with one attached hydrogen (secondary N) is 1. The summed E-state index contributed by atoms with van der Waals surface area (Å²) in [4.78, 5) is 16.9. The average molecular weight is 315 g/mol. The van der Waals surface area contributed by atoms with E-state index in [1.807, 2.05) is 35.2 Å². The van der Waals surface area contributed by atoms with Crippen molar-refractivity contribution in [1.82, 2.24) is 15.1 Å². The van der Waals surface area contributed by atoms with Gasteiger partial charge < -0.3 is 15.0 Å². The zero-order chi connectivity index (χ0) is 15.6. The van der Waals surface area contributed by atoms with E-state index in [2.05, 4.69) is 10.2 Å². The molecule has 0 aromatic heterocycles. The first-order valence-electron chi connectivity index (χ1n) is 8.71. The molecule has 3 fully saturated rings. The minimum absolute atomic E-state index is 0.0304. The molecule has 0 spiro atoms. The number of fused-ring (bicyclic) bond motifs is 2. The van der Waals surface area contributed by atoms with Crippen molar-refractivity contribution in [1.29, 1.82) is 0 Å². The Bertz CT molecular complexity index is 532. The lowest BCUT2D eigenvalue weighted by Crippen LogP contribution is -2.61. The Kier molecular flexibility index (Phi) is 4.23. The van der Waals surface area contributed by atoms with Crippen molar-refractivity contribution in [3.63, 3.8) is 0 Å². The van der Waals surface area contributed by atoms with Gasteiger partial charge in [-0.1, -0.05) is 30.3 Å². The zero-order valence-corrected chi connectivity index (χ0v) is 13.5. The van der Waals surface area contributed by atoms with Crippen molar-refractivity contribution in [3.05, 3.63) is 35.9 Å². The van der Waals surface area contributed by atoms with Gasteiger partial charge in [0.2, 0.25) is 0 Å². The molecule has 124 valence electrons. The van der Waals surface area contributed by atoms with Crippen LogP contribution in [0.4, 0.5) is 4.79 Å². The number of rotatable bonds is 4. The number of carbonyl (C=O) groups is 1. The summed E-state index contributed by atoms with van der Waals surface area (Å²) in [7, 11) is 0. The Balaban J connectivity index is 1.28. The molecule has 1 saturated carbocycles. The second kappa shape index (κ2) is 6.49. The lowest BCUT2D eigenvalue weighted by Gasteiger charge is -2.45. The van der Waals surface area contributed by atoms with Gasteiger partial charge >= 0.3 is 6.03 Å². The monoisotopic (exact) mass is 315 g/mol. The van der Waals surface area contributed by atoms with Gasteiger partial charge in [-0.15, -0.1) is 0 Å². The van der Waals surface area contributed by atoms with E-state index >= 15 is 0 Å². The fourth-order valence-electron chi connectivity index (χ4n) is 3.64. The molecule has 2 saturated heterocycles. The standard InChI is InChI=1S/C18H25N3O2/c22-18(19-8-14-4-2-1-3-5-14)21-12-16-10-20(9-15-6-7-15)11-17(13-21)23-16/h1-5,15-17H,6-13H2,(H,19,22)/t16-,17+. The molecular weight excluding hydrogens is 290 g/mol. The minimum atomic E-state index is 0.0304. The molecule has 23 heavy (non-hydrogen) atoms. The lowest BCUT2D eigenvalue weighted by molar-refractivity contribution is -0.129. The number of ether oxygens (including phenoxy) is 1. The largest absolute Gasteiger partial charge is 0.369 e. The molecule has 2 amide bonds. The van der Waals surface area contributed by atoms with Gasteiger partial charge in [-0.25, -0.2) is 4.79 Å². The van der Waals surface area contributed by atoms with E-state index in [0.29, 0.717) is 19.6 Å². The summed E-state index contributed by atoms with van der Waals surface area (Å²) in [5.74, 6) is 0.916. The molecule has 0 unspecified atom stereocenters. The first-order chi connectivity index (χ1) is 11.3. The van der Waals surface area contributed by atoms with Gasteiger partial charge in [-0.2, -0.15) is 0 Å². The first kappa shape index (κ1) is 15.0. The molecular formula is C18H25N3O2. The predicted molar refractivity (Wildman–Crippen MR) is 88.1 cm³/mol. The number of amides is 2. The molecule has 1 aromatic carbocycles. The molecule has 5 nitrogen and oxygen atoms in total. The maximum Gasteiger partial charge on any atom is 0.317 e. The molecule has 2 heterocycles. The van der Waals surface area contributed by atoms with Crippen LogP contribution < -0.4 is 5.32 Å². The number of urea groups is 1. The van der Waals surface area contributed by atoms with E-state index < -0.39 is 0 Å². The van der Waals surface area contributed by atoms with Crippen LogP contribution in [0.5, 0.6) is 0 Å². The molecule has 4 rings (SSSR count). The Hall–Kier alpha value is -1.59. The highest BCUT2D eigenvalue weighted by Gasteiger charge is 2.38. The zero-order valence-electron chi connectivity index (χ0n) is 13.5. The van der Waals surface area contributed by atoms with Gasteiger partial charge in [-0.05, 0) is 24.3 Å². The normalized spacial score (nSPS) is 27.7. The molecule has 3 aliphatic rings. The van der Waals surface area contributed by atoms with Crippen LogP contribution in [0.15, 0.2) is 30.3 Å². The average Bonchev–Trinajstić information content (AvgIpc) is 3.36. The number of carbonyl (C=O) groups excluding carboxylic acids is 1. The van der Waals surface area contributed by atoms with Crippen molar-refractivity contribution in [2.24, 2.45) is 5.92 Å². The van der Waals surface area contributed by atoms with E-state index in [-0.39, 0.29) is 18.2 Å². The highest BCUT2D eigenvalue weighted by atomic mass is 16.5. The highest BCUT2D eigenvalue weighted by Crippen LogP contribution is 2.31. The summed E-state index contributed by atoms with van der Waals surface area (Å²) in [5.41, 5.74) is 1.13. The van der Waals surface area contributed by atoms with Gasteiger partial charge in [0, 0.05) is 39.3 Å². The van der Waals surface area contributed by atoms with E-state index in [1.165, 1.54) is 19.4 Å². The van der Waals surface area contributed by atoms with Gasteiger partial charge in [0.25, 0.3) is 0 Å². The van der Waals surface area contributed by atoms with Crippen LogP contribution in [0.2, 0.25) is 0 Å². The van der Waals surface area contributed by atoms with Crippen LogP contribution in [0, 0.1) is 5.92 Å². The third-order valence-electron chi connectivity index (χ3n) is 4.94. The second-order valence-corrected chi connectivity index (χ2v) is 7.09. The second-order valence-electron chi connectivity index (χ2n) is 7.09. The molecule has 2 aliphatic heterocycles. The molecule has 2 atom stereocenters. The van der Waals surface area contributed by atoms with Crippen molar-refractivity contribution < 1.29 is 9.53 Å². The van der Waals surface area contributed by atoms with Crippen LogP contribution in [0.1, 0.15) is 18.4 Å². The van der Waals surface area contributed by atoms with E-state index in [9.17, 15) is 4.79 Å². The van der Waals surface area contributed by atoms with Gasteiger partial charge in [0.05, 0.1) is 12.2 Å². The third-order valence-corrected chi connectivity index (χ3v) is 4.94. The van der Waals surface area contributed by atoms with E-state index in [4.69, 9.17) is 4.74 Å². The number of hydrogen-bond donors (Lipinski definition) is 1. The van der Waals surface area contributed by atoms with Crippen molar-refractivity contribution >= 4 is 6.03 Å². The Morgan fingerprint density at radius 3 is 2.43 bits per heavy atom. The number of benzene rings is 1. The molecule has 1 N–H and O–H groups in total. The van der Waals surface area contributed by atoms with Crippen LogP contribution in [-0.4, -0.2) is 60.8 Å². The Morgan fingerprint density at radius 1 is 1.09 bits per heavy atom. The van der Waals surface area contributed by atoms with Gasteiger partial charge in [0.1, 0.15) is 0 Å². The molecule has 2 bridgehead atoms. The number of hydrogen-bond acceptors (Lipinski definition) is 3. The molecule has 1 aromatic rings. The first-order valence-corrected chi connectivity index (χ1v) is 8.71. The molecule has 5 heteroatoms. The Labute approximate surface area is 137 Å². The fraction of sp³-hybridized carbons (Fsp3) is 0.611. The predicted octanol–water partition coefficient (Wildman–Crippen LogP) is 1.69. The summed E-state index contributed by atoms with van der Waals surface area (Å²) < 4.78 is 6.03. The fourth-order valence-corrected chi connectivity index (χ4v) is 3.64. The van der Waals surface area contributed by atoms with Crippen molar-refractivity contribution in [3.8, 4) is 0 Å². The lowest BCUT2D eigenvalue weighted by atomic mass is 10.1. The van der Waals surface area contributed by atoms with Gasteiger partial charge in [0.15, 0.2) is 0 Å². The topological polar surface area (TPSA) is 44.8 Å². The summed E-state index contributed by atoms with van der Waals surface area (Å²) in [6.45, 7) is 5.15. The third kappa shape index (κ3) is 3.85. The number of morpholine rings is 2. The summed E-state index contributed by atoms with van der Waals surface area (Å²) in [6.07, 6.45) is 3.12. The smallest absolute Gasteiger partial charge is 0.317 e. The highest BCUT2D eigenvalue weighted by molar-refractivity contribution is 5.74. The molecule has 0 radical (unpaired) electrons. The van der Waals surface area contributed by atoms with E-state index in [0.717, 1.165) is 24.6 Å². The van der Waals surface area contributed by atoms with Crippen LogP contribution in [0.25, 0.3) is 0 Å². The minimum Gasteiger partial charge on any atom is -0.369 e. The van der Waals surface area contributed by atoms with Gasteiger partial charge in [-0.3, -0.25) is 4.90 Å². The van der Waals surface area contributed by atoms with Crippen molar-refractivity contribution in [2.75, 3.05) is 32.7 Å². The maximum atomic E-state index is 12.4. The Morgan fingerprint density at radius 2 is 1.78 bits per heavy atom. The van der Waals surface area contributed by atoms with E-state index in [1.54, 1.807) is 0 Å². The molecule has 1 aliphatic carbocycles. The summed E-state index contributed by atoms with van der Waals surface area (Å²) >= 11 is 0. The SMILES string of the molecule is O=C(NCc1ccccc1)N1C[C@H]2CN(CC3CC3)C[C@@H](C1)O2. The summed E-state index contributed by atoms with van der Waals surface area (Å²) in [6, 6.07) is 10.1. The van der Waals surface area contributed by atoms with Crippen LogP contribution in [-0.2, 0) is 11.3 Å². The summed E-state index contributed by atoms with van der Waals surface area (Å²) in [5, 5.41) is 3.03. The van der Waals surface area contributed by atoms with Crippen LogP contribution in [0.3, 0.4) is 0 Å². The quantitative estimate of drug-likeness (QED) is 0.920. The van der Waals surface area contributed by atoms with Crippen LogP contribution >= 0.6 is 0 Å². The van der Waals surface area contributed by atoms with Crippen molar-refractivity contribution in [2.45, 2.75) is 31.6 Å².